The Kier molecular flexibility index (Phi) is 6.07. The Bertz CT molecular complexity index is 991. The van der Waals surface area contributed by atoms with Gasteiger partial charge in [0.15, 0.2) is 0 Å². The van der Waals surface area contributed by atoms with E-state index in [1.807, 2.05) is 24.3 Å². The van der Waals surface area contributed by atoms with Gasteiger partial charge in [-0.3, -0.25) is 14.6 Å². The van der Waals surface area contributed by atoms with E-state index < -0.39 is 0 Å². The van der Waals surface area contributed by atoms with Crippen molar-refractivity contribution in [3.05, 3.63) is 95.3 Å². The second-order valence-corrected chi connectivity index (χ2v) is 7.87. The molecule has 2 N–H and O–H groups in total. The predicted molar refractivity (Wildman–Crippen MR) is 115 cm³/mol. The number of hydrogen-bond donors (Lipinski definition) is 2. The van der Waals surface area contributed by atoms with Gasteiger partial charge in [-0.2, -0.15) is 0 Å². The fourth-order valence-electron chi connectivity index (χ4n) is 2.89. The summed E-state index contributed by atoms with van der Waals surface area (Å²) in [6.45, 7) is 6.75. The van der Waals surface area contributed by atoms with Crippen LogP contribution in [-0.2, 0) is 12.0 Å². The van der Waals surface area contributed by atoms with Crippen molar-refractivity contribution < 1.29 is 9.59 Å². The van der Waals surface area contributed by atoms with Gasteiger partial charge in [0.25, 0.3) is 11.8 Å². The van der Waals surface area contributed by atoms with Crippen LogP contribution in [0.5, 0.6) is 0 Å². The molecular formula is C24H25N3O2. The molecule has 0 saturated carbocycles. The van der Waals surface area contributed by atoms with Crippen LogP contribution in [0.25, 0.3) is 0 Å². The molecule has 0 unspecified atom stereocenters. The highest BCUT2D eigenvalue weighted by Gasteiger charge is 2.16. The highest BCUT2D eigenvalue weighted by molar-refractivity contribution is 6.09. The summed E-state index contributed by atoms with van der Waals surface area (Å²) in [5, 5.41) is 5.71. The van der Waals surface area contributed by atoms with Crippen molar-refractivity contribution in [3.63, 3.8) is 0 Å². The average molecular weight is 387 g/mol. The Morgan fingerprint density at radius 3 is 2.28 bits per heavy atom. The number of pyridine rings is 1. The zero-order valence-electron chi connectivity index (χ0n) is 16.9. The molecule has 0 bridgehead atoms. The van der Waals surface area contributed by atoms with Crippen LogP contribution >= 0.6 is 0 Å². The van der Waals surface area contributed by atoms with Crippen LogP contribution in [0.3, 0.4) is 0 Å². The van der Waals surface area contributed by atoms with Crippen LogP contribution in [0.1, 0.15) is 52.6 Å². The minimum absolute atomic E-state index is 0.0218. The second kappa shape index (κ2) is 8.69. The van der Waals surface area contributed by atoms with Gasteiger partial charge in [0.05, 0.1) is 11.3 Å². The molecule has 3 aromatic rings. The zero-order chi connectivity index (χ0) is 20.9. The maximum absolute atomic E-state index is 12.7. The van der Waals surface area contributed by atoms with E-state index in [1.165, 1.54) is 0 Å². The molecule has 0 radical (unpaired) electrons. The summed E-state index contributed by atoms with van der Waals surface area (Å²) in [6, 6.07) is 18.2. The van der Waals surface area contributed by atoms with Gasteiger partial charge in [-0.25, -0.2) is 0 Å². The summed E-state index contributed by atoms with van der Waals surface area (Å²) in [4.78, 5) is 29.3. The fraction of sp³-hybridized carbons (Fsp3) is 0.208. The lowest BCUT2D eigenvalue weighted by atomic mass is 9.86. The van der Waals surface area contributed by atoms with Crippen LogP contribution in [0.15, 0.2) is 73.1 Å². The van der Waals surface area contributed by atoms with Gasteiger partial charge in [-0.15, -0.1) is 0 Å². The van der Waals surface area contributed by atoms with Crippen molar-refractivity contribution in [1.29, 1.82) is 0 Å². The number of nitrogens with zero attached hydrogens (tertiary/aromatic N) is 1. The lowest BCUT2D eigenvalue weighted by molar-refractivity contribution is 0.0951. The molecule has 0 aliphatic rings. The van der Waals surface area contributed by atoms with Crippen LogP contribution in [-0.4, -0.2) is 16.8 Å². The Labute approximate surface area is 171 Å². The first-order valence-corrected chi connectivity index (χ1v) is 9.52. The molecule has 3 rings (SSSR count). The Morgan fingerprint density at radius 1 is 0.897 bits per heavy atom. The number of benzene rings is 2. The number of anilines is 1. The number of aromatic nitrogens is 1. The first-order valence-electron chi connectivity index (χ1n) is 9.52. The Balaban J connectivity index is 1.71. The van der Waals surface area contributed by atoms with E-state index in [-0.39, 0.29) is 17.2 Å². The number of para-hydroxylation sites is 1. The number of carbonyl (C=O) groups excluding carboxylic acids is 2. The number of amides is 2. The van der Waals surface area contributed by atoms with E-state index in [1.54, 1.807) is 48.8 Å². The summed E-state index contributed by atoms with van der Waals surface area (Å²) in [7, 11) is 0. The quantitative estimate of drug-likeness (QED) is 0.674. The molecule has 5 heteroatoms. The van der Waals surface area contributed by atoms with E-state index in [4.69, 9.17) is 0 Å². The number of carbonyl (C=O) groups is 2. The van der Waals surface area contributed by atoms with Crippen molar-refractivity contribution in [2.45, 2.75) is 32.7 Å². The standard InChI is InChI=1S/C24H25N3O2/c1-24(2,3)19-12-10-18(11-13-19)22(28)27-21-9-5-4-8-20(21)23(29)26-16-17-7-6-14-25-15-17/h4-15H,16H2,1-3H3,(H,26,29)(H,27,28). The van der Waals surface area contributed by atoms with Crippen LogP contribution in [0.4, 0.5) is 5.69 Å². The number of nitrogens with one attached hydrogen (secondary N) is 2. The number of hydrogen-bond acceptors (Lipinski definition) is 3. The van der Waals surface area contributed by atoms with Gasteiger partial charge < -0.3 is 10.6 Å². The van der Waals surface area contributed by atoms with Crippen molar-refractivity contribution in [2.75, 3.05) is 5.32 Å². The van der Waals surface area contributed by atoms with Crippen LogP contribution < -0.4 is 10.6 Å². The molecule has 2 amide bonds. The first kappa shape index (κ1) is 20.3. The second-order valence-electron chi connectivity index (χ2n) is 7.87. The highest BCUT2D eigenvalue weighted by atomic mass is 16.2. The van der Waals surface area contributed by atoms with Gasteiger partial charge in [0.2, 0.25) is 0 Å². The minimum Gasteiger partial charge on any atom is -0.348 e. The summed E-state index contributed by atoms with van der Waals surface area (Å²) in [6.07, 6.45) is 3.39. The third-order valence-electron chi connectivity index (χ3n) is 4.61. The molecule has 0 spiro atoms. The molecular weight excluding hydrogens is 362 g/mol. The molecule has 0 saturated heterocycles. The largest absolute Gasteiger partial charge is 0.348 e. The molecule has 0 aliphatic heterocycles. The van der Waals surface area contributed by atoms with Crippen molar-refractivity contribution in [2.24, 2.45) is 0 Å². The van der Waals surface area contributed by atoms with E-state index in [9.17, 15) is 9.59 Å². The lowest BCUT2D eigenvalue weighted by Gasteiger charge is -2.19. The third kappa shape index (κ3) is 5.29. The molecule has 29 heavy (non-hydrogen) atoms. The van der Waals surface area contributed by atoms with Crippen LogP contribution in [0, 0.1) is 0 Å². The summed E-state index contributed by atoms with van der Waals surface area (Å²) in [5.74, 6) is -0.509. The average Bonchev–Trinajstić information content (AvgIpc) is 2.72. The molecule has 0 aliphatic carbocycles. The molecule has 0 fully saturated rings. The van der Waals surface area contributed by atoms with Gasteiger partial charge in [-0.1, -0.05) is 51.1 Å². The smallest absolute Gasteiger partial charge is 0.255 e. The molecule has 1 aromatic heterocycles. The van der Waals surface area contributed by atoms with Gasteiger partial charge in [0, 0.05) is 24.5 Å². The van der Waals surface area contributed by atoms with E-state index >= 15 is 0 Å². The van der Waals surface area contributed by atoms with Gasteiger partial charge in [0.1, 0.15) is 0 Å². The molecule has 1 heterocycles. The molecule has 2 aromatic carbocycles. The fourth-order valence-corrected chi connectivity index (χ4v) is 2.89. The van der Waals surface area contributed by atoms with Gasteiger partial charge in [-0.05, 0) is 46.9 Å². The molecule has 5 nitrogen and oxygen atoms in total. The predicted octanol–water partition coefficient (Wildman–Crippen LogP) is 4.56. The highest BCUT2D eigenvalue weighted by Crippen LogP contribution is 2.23. The maximum Gasteiger partial charge on any atom is 0.255 e. The topological polar surface area (TPSA) is 71.1 Å². The van der Waals surface area contributed by atoms with Gasteiger partial charge >= 0.3 is 0 Å². The van der Waals surface area contributed by atoms with E-state index in [0.29, 0.717) is 23.4 Å². The zero-order valence-corrected chi connectivity index (χ0v) is 16.9. The van der Waals surface area contributed by atoms with Crippen molar-refractivity contribution in [1.82, 2.24) is 10.3 Å². The first-order chi connectivity index (χ1) is 13.8. The Morgan fingerprint density at radius 2 is 1.62 bits per heavy atom. The van der Waals surface area contributed by atoms with E-state index in [0.717, 1.165) is 11.1 Å². The van der Waals surface area contributed by atoms with Crippen LogP contribution in [0.2, 0.25) is 0 Å². The maximum atomic E-state index is 12.7. The summed E-state index contributed by atoms with van der Waals surface area (Å²) < 4.78 is 0. The normalized spacial score (nSPS) is 11.0. The lowest BCUT2D eigenvalue weighted by Crippen LogP contribution is -2.25. The molecule has 148 valence electrons. The monoisotopic (exact) mass is 387 g/mol. The van der Waals surface area contributed by atoms with Crippen molar-refractivity contribution >= 4 is 17.5 Å². The van der Waals surface area contributed by atoms with E-state index in [2.05, 4.69) is 36.4 Å². The third-order valence-corrected chi connectivity index (χ3v) is 4.61. The number of rotatable bonds is 5. The summed E-state index contributed by atoms with van der Waals surface area (Å²) >= 11 is 0. The Hall–Kier alpha value is -3.47. The van der Waals surface area contributed by atoms with Crippen molar-refractivity contribution in [3.8, 4) is 0 Å². The molecule has 0 atom stereocenters. The minimum atomic E-state index is -0.257. The summed E-state index contributed by atoms with van der Waals surface area (Å²) in [5.41, 5.74) is 3.51. The SMILES string of the molecule is CC(C)(C)c1ccc(C(=O)Nc2ccccc2C(=O)NCc2cccnc2)cc1.